The second-order valence-corrected chi connectivity index (χ2v) is 5.73. The second-order valence-electron chi connectivity index (χ2n) is 5.73. The van der Waals surface area contributed by atoms with Crippen molar-refractivity contribution in [1.82, 2.24) is 9.78 Å². The fourth-order valence-electron chi connectivity index (χ4n) is 1.99. The third-order valence-corrected chi connectivity index (χ3v) is 3.87. The minimum atomic E-state index is -0.759. The Hall–Kier alpha value is -1.59. The first-order chi connectivity index (χ1) is 11.5. The van der Waals surface area contributed by atoms with Gasteiger partial charge >= 0.3 is 7.12 Å². The Bertz CT molecular complexity index is 808. The van der Waals surface area contributed by atoms with E-state index in [1.165, 1.54) is 10.9 Å². The summed E-state index contributed by atoms with van der Waals surface area (Å²) in [5.74, 6) is 0. The molecular formula is C15H19BN2O2. The molecule has 1 aliphatic heterocycles. The molecule has 0 radical (unpaired) electrons. The zero-order chi connectivity index (χ0) is 18.7. The molecule has 1 saturated heterocycles. The van der Waals surface area contributed by atoms with Gasteiger partial charge in [-0.3, -0.25) is 0 Å². The Morgan fingerprint density at radius 1 is 1.10 bits per heavy atom. The van der Waals surface area contributed by atoms with Crippen molar-refractivity contribution in [1.29, 1.82) is 0 Å². The monoisotopic (exact) mass is 275 g/mol. The summed E-state index contributed by atoms with van der Waals surface area (Å²) in [7, 11) is -0.759. The van der Waals surface area contributed by atoms with Gasteiger partial charge in [-0.2, -0.15) is 5.10 Å². The summed E-state index contributed by atoms with van der Waals surface area (Å²) < 4.78 is 52.9. The van der Waals surface area contributed by atoms with Crippen LogP contribution in [0.25, 0.3) is 5.69 Å². The molecule has 2 heterocycles. The molecule has 0 aliphatic carbocycles. The number of benzene rings is 1. The molecule has 0 amide bonds. The Morgan fingerprint density at radius 2 is 1.70 bits per heavy atom. The van der Waals surface area contributed by atoms with Gasteiger partial charge in [-0.05, 0) is 45.8 Å². The number of nitrogens with zero attached hydrogens (tertiary/aromatic N) is 2. The van der Waals surface area contributed by atoms with E-state index in [9.17, 15) is 0 Å². The number of aromatic nitrogens is 2. The number of rotatable bonds is 2. The van der Waals surface area contributed by atoms with E-state index in [0.29, 0.717) is 5.59 Å². The molecule has 1 aromatic carbocycles. The predicted octanol–water partition coefficient (Wildman–Crippen LogP) is 2.17. The highest BCUT2D eigenvalue weighted by molar-refractivity contribution is 6.61. The van der Waals surface area contributed by atoms with E-state index in [-0.39, 0.29) is 17.8 Å². The standard InChI is InChI=1S/C15H19BN2O2/c1-14(2)15(3,4)20-16(19-14)13-10-11-17-18(13)12-8-6-5-7-9-12/h5-11H,1-4H3/i5D,6D,7D,8D,9D. The molecule has 2 aromatic rings. The van der Waals surface area contributed by atoms with Crippen molar-refractivity contribution in [3.05, 3.63) is 42.5 Å². The zero-order valence-corrected chi connectivity index (χ0v) is 11.9. The van der Waals surface area contributed by atoms with E-state index in [2.05, 4.69) is 5.10 Å². The smallest absolute Gasteiger partial charge is 0.398 e. The average Bonchev–Trinajstić information content (AvgIpc) is 3.06. The summed E-state index contributed by atoms with van der Waals surface area (Å²) in [6, 6.07) is -0.260. The van der Waals surface area contributed by atoms with E-state index in [1.54, 1.807) is 6.07 Å². The van der Waals surface area contributed by atoms with Crippen LogP contribution in [0.2, 0.25) is 0 Å². The molecule has 0 saturated carbocycles. The molecule has 5 heteroatoms. The number of hydrogen-bond donors (Lipinski definition) is 0. The van der Waals surface area contributed by atoms with E-state index in [0.717, 1.165) is 0 Å². The van der Waals surface area contributed by atoms with Crippen molar-refractivity contribution in [3.63, 3.8) is 0 Å². The lowest BCUT2D eigenvalue weighted by Crippen LogP contribution is -2.41. The van der Waals surface area contributed by atoms with Gasteiger partial charge in [-0.25, -0.2) is 4.68 Å². The van der Waals surface area contributed by atoms with E-state index in [1.807, 2.05) is 27.7 Å². The fourth-order valence-corrected chi connectivity index (χ4v) is 1.99. The zero-order valence-electron chi connectivity index (χ0n) is 16.9. The van der Waals surface area contributed by atoms with Crippen LogP contribution in [0.3, 0.4) is 0 Å². The average molecular weight is 275 g/mol. The summed E-state index contributed by atoms with van der Waals surface area (Å²) >= 11 is 0. The second kappa shape index (κ2) is 4.47. The first kappa shape index (κ1) is 8.65. The van der Waals surface area contributed by atoms with E-state index in [4.69, 9.17) is 16.2 Å². The molecule has 104 valence electrons. The molecule has 1 fully saturated rings. The normalized spacial score (nSPS) is 23.8. The molecule has 0 N–H and O–H groups in total. The summed E-state index contributed by atoms with van der Waals surface area (Å²) in [5.41, 5.74) is -0.683. The van der Waals surface area contributed by atoms with Crippen LogP contribution < -0.4 is 5.59 Å². The van der Waals surface area contributed by atoms with Gasteiger partial charge in [0.25, 0.3) is 0 Å². The van der Waals surface area contributed by atoms with Crippen molar-refractivity contribution in [3.8, 4) is 5.69 Å². The third kappa shape index (κ3) is 2.07. The van der Waals surface area contributed by atoms with Gasteiger partial charge in [-0.1, -0.05) is 18.1 Å². The lowest BCUT2D eigenvalue weighted by atomic mass is 9.84. The first-order valence-electron chi connectivity index (χ1n) is 8.95. The minimum absolute atomic E-state index is 0.0271. The highest BCUT2D eigenvalue weighted by Crippen LogP contribution is 2.36. The van der Waals surface area contributed by atoms with Crippen LogP contribution in [0.4, 0.5) is 0 Å². The van der Waals surface area contributed by atoms with Crippen molar-refractivity contribution < 1.29 is 16.2 Å². The fraction of sp³-hybridized carbons (Fsp3) is 0.400. The highest BCUT2D eigenvalue weighted by atomic mass is 16.7. The Balaban J connectivity index is 2.14. The molecule has 0 spiro atoms. The summed E-state index contributed by atoms with van der Waals surface area (Å²) in [4.78, 5) is 0. The Labute approximate surface area is 126 Å². The minimum Gasteiger partial charge on any atom is -0.398 e. The molecule has 20 heavy (non-hydrogen) atoms. The summed E-state index contributed by atoms with van der Waals surface area (Å²) in [6.45, 7) is 7.66. The largest absolute Gasteiger partial charge is 0.514 e. The highest BCUT2D eigenvalue weighted by Gasteiger charge is 2.52. The Kier molecular flexibility index (Phi) is 1.93. The first-order valence-corrected chi connectivity index (χ1v) is 6.45. The van der Waals surface area contributed by atoms with Crippen LogP contribution in [0, 0.1) is 0 Å². The van der Waals surface area contributed by atoms with Crippen LogP contribution in [0.15, 0.2) is 42.5 Å². The van der Waals surface area contributed by atoms with Gasteiger partial charge in [0, 0.05) is 6.20 Å². The van der Waals surface area contributed by atoms with Gasteiger partial charge in [0.15, 0.2) is 0 Å². The van der Waals surface area contributed by atoms with Crippen LogP contribution in [0.1, 0.15) is 34.5 Å². The lowest BCUT2D eigenvalue weighted by molar-refractivity contribution is 0.00578. The van der Waals surface area contributed by atoms with Crippen LogP contribution in [-0.2, 0) is 9.31 Å². The molecule has 0 unspecified atom stereocenters. The van der Waals surface area contributed by atoms with Gasteiger partial charge in [0.1, 0.15) is 0 Å². The SMILES string of the molecule is [2H]c1c([2H])c([2H])c(-n2nccc2B2OC(C)(C)C(C)(C)O2)c([2H])c1[2H]. The van der Waals surface area contributed by atoms with Crippen LogP contribution in [0.5, 0.6) is 0 Å². The van der Waals surface area contributed by atoms with Crippen molar-refractivity contribution in [2.75, 3.05) is 0 Å². The maximum Gasteiger partial charge on any atom is 0.514 e. The summed E-state index contributed by atoms with van der Waals surface area (Å²) in [5, 5.41) is 4.15. The Morgan fingerprint density at radius 3 is 2.30 bits per heavy atom. The molecule has 0 atom stereocenters. The molecule has 1 aliphatic rings. The van der Waals surface area contributed by atoms with E-state index >= 15 is 0 Å². The van der Waals surface area contributed by atoms with Crippen molar-refractivity contribution in [2.45, 2.75) is 38.9 Å². The lowest BCUT2D eigenvalue weighted by Gasteiger charge is -2.32. The number of para-hydroxylation sites is 1. The summed E-state index contributed by atoms with van der Waals surface area (Å²) in [6.07, 6.45) is 1.49. The number of hydrogen-bond acceptors (Lipinski definition) is 3. The van der Waals surface area contributed by atoms with E-state index < -0.39 is 36.4 Å². The quantitative estimate of drug-likeness (QED) is 0.788. The maximum absolute atomic E-state index is 8.12. The topological polar surface area (TPSA) is 36.3 Å². The molecule has 1 aromatic heterocycles. The van der Waals surface area contributed by atoms with Gasteiger partial charge in [0.2, 0.25) is 0 Å². The van der Waals surface area contributed by atoms with Crippen molar-refractivity contribution in [2.24, 2.45) is 0 Å². The third-order valence-electron chi connectivity index (χ3n) is 3.87. The molecule has 3 rings (SSSR count). The van der Waals surface area contributed by atoms with Crippen LogP contribution >= 0.6 is 0 Å². The van der Waals surface area contributed by atoms with Crippen LogP contribution in [-0.4, -0.2) is 28.1 Å². The maximum atomic E-state index is 8.12. The molecular weight excluding hydrogens is 251 g/mol. The predicted molar refractivity (Wildman–Crippen MR) is 79.3 cm³/mol. The van der Waals surface area contributed by atoms with Crippen molar-refractivity contribution >= 4 is 12.7 Å². The molecule has 4 nitrogen and oxygen atoms in total. The molecule has 0 bridgehead atoms. The van der Waals surface area contributed by atoms with Gasteiger partial charge in [-0.15, -0.1) is 0 Å². The van der Waals surface area contributed by atoms with Gasteiger partial charge in [0.05, 0.1) is 29.3 Å². The van der Waals surface area contributed by atoms with Gasteiger partial charge < -0.3 is 9.31 Å².